The van der Waals surface area contributed by atoms with E-state index in [0.29, 0.717) is 29.7 Å². The summed E-state index contributed by atoms with van der Waals surface area (Å²) in [4.78, 5) is 50.2. The van der Waals surface area contributed by atoms with Crippen LogP contribution in [0.25, 0.3) is 0 Å². The summed E-state index contributed by atoms with van der Waals surface area (Å²) in [7, 11) is 2.45. The Morgan fingerprint density at radius 3 is 2.42 bits per heavy atom. The number of carbonyl (C=O) groups is 4. The average Bonchev–Trinajstić information content (AvgIpc) is 3.07. The van der Waals surface area contributed by atoms with Crippen molar-refractivity contribution in [3.8, 4) is 0 Å². The normalized spacial score (nSPS) is 12.8. The van der Waals surface area contributed by atoms with Crippen molar-refractivity contribution < 1.29 is 28.7 Å². The second-order valence-electron chi connectivity index (χ2n) is 8.95. The number of nitrogen functional groups attached to an aromatic ring is 1. The molecule has 0 saturated heterocycles. The van der Waals surface area contributed by atoms with Gasteiger partial charge in [-0.15, -0.1) is 0 Å². The molecule has 0 aromatic heterocycles. The maximum absolute atomic E-state index is 13.5. The van der Waals surface area contributed by atoms with Gasteiger partial charge in [0.15, 0.2) is 5.78 Å². The standard InChI is InChI=1S/C29H29N3O6/c1-37-26(33)14-13-25(29(36)38-2)32-28(35)19-10-8-17-7-9-18-15-20(31-24-6-4-3-5-23(24)30)11-12-21(18)27(34)22(17)16-19/h3-6,8,10-12,15-16,25,31H,7,9,13-14,30H2,1-2H3,(H,32,35)/t25-/m0/s1. The average molecular weight is 516 g/mol. The Bertz CT molecular complexity index is 1400. The highest BCUT2D eigenvalue weighted by atomic mass is 16.5. The molecule has 1 amide bonds. The van der Waals surface area contributed by atoms with Crippen LogP contribution in [0.1, 0.15) is 50.2 Å². The van der Waals surface area contributed by atoms with E-state index in [1.807, 2.05) is 36.4 Å². The molecule has 4 N–H and O–H groups in total. The molecule has 0 heterocycles. The third-order valence-corrected chi connectivity index (χ3v) is 6.53. The summed E-state index contributed by atoms with van der Waals surface area (Å²) in [5.74, 6) is -1.91. The molecule has 3 aromatic carbocycles. The van der Waals surface area contributed by atoms with Crippen LogP contribution in [0.2, 0.25) is 0 Å². The van der Waals surface area contributed by atoms with Gasteiger partial charge in [-0.3, -0.25) is 14.4 Å². The number of nitrogens with one attached hydrogen (secondary N) is 2. The molecule has 38 heavy (non-hydrogen) atoms. The molecular weight excluding hydrogens is 486 g/mol. The van der Waals surface area contributed by atoms with Gasteiger partial charge in [-0.25, -0.2) is 4.79 Å². The summed E-state index contributed by atoms with van der Waals surface area (Å²) in [5.41, 5.74) is 11.2. The number of esters is 2. The Hall–Kier alpha value is -4.66. The van der Waals surface area contributed by atoms with E-state index in [-0.39, 0.29) is 24.2 Å². The van der Waals surface area contributed by atoms with Gasteiger partial charge in [-0.2, -0.15) is 0 Å². The van der Waals surface area contributed by atoms with E-state index in [4.69, 9.17) is 10.5 Å². The topological polar surface area (TPSA) is 137 Å². The number of para-hydroxylation sites is 2. The van der Waals surface area contributed by atoms with E-state index < -0.39 is 23.9 Å². The molecular formula is C29H29N3O6. The number of nitrogens with two attached hydrogens (primary N) is 1. The van der Waals surface area contributed by atoms with Gasteiger partial charge in [0.1, 0.15) is 6.04 Å². The zero-order valence-corrected chi connectivity index (χ0v) is 21.2. The Morgan fingerprint density at radius 2 is 1.68 bits per heavy atom. The molecule has 4 rings (SSSR count). The molecule has 0 aliphatic heterocycles. The van der Waals surface area contributed by atoms with E-state index >= 15 is 0 Å². The number of ketones is 1. The predicted molar refractivity (Wildman–Crippen MR) is 142 cm³/mol. The van der Waals surface area contributed by atoms with E-state index in [0.717, 1.165) is 22.5 Å². The van der Waals surface area contributed by atoms with Crippen molar-refractivity contribution in [1.29, 1.82) is 0 Å². The molecule has 1 atom stereocenters. The largest absolute Gasteiger partial charge is 0.469 e. The SMILES string of the molecule is COC(=O)CC[C@H](NC(=O)c1ccc2c(c1)C(=O)c1ccc(Nc3ccccc3N)cc1CC2)C(=O)OC. The van der Waals surface area contributed by atoms with Gasteiger partial charge in [-0.1, -0.05) is 18.2 Å². The summed E-state index contributed by atoms with van der Waals surface area (Å²) in [5, 5.41) is 5.90. The fraction of sp³-hybridized carbons (Fsp3) is 0.241. The van der Waals surface area contributed by atoms with Gasteiger partial charge in [0.2, 0.25) is 0 Å². The molecule has 0 fully saturated rings. The molecule has 1 aliphatic rings. The lowest BCUT2D eigenvalue weighted by molar-refractivity contribution is -0.144. The van der Waals surface area contributed by atoms with Crippen LogP contribution in [0.4, 0.5) is 17.1 Å². The lowest BCUT2D eigenvalue weighted by Crippen LogP contribution is -2.42. The van der Waals surface area contributed by atoms with Gasteiger partial charge in [0.05, 0.1) is 25.6 Å². The van der Waals surface area contributed by atoms with Crippen LogP contribution in [-0.4, -0.2) is 43.9 Å². The highest BCUT2D eigenvalue weighted by molar-refractivity contribution is 6.12. The first-order chi connectivity index (χ1) is 18.3. The molecule has 3 aromatic rings. The molecule has 9 nitrogen and oxygen atoms in total. The van der Waals surface area contributed by atoms with Crippen LogP contribution in [0, 0.1) is 0 Å². The van der Waals surface area contributed by atoms with Crippen LogP contribution >= 0.6 is 0 Å². The highest BCUT2D eigenvalue weighted by Gasteiger charge is 2.26. The second-order valence-corrected chi connectivity index (χ2v) is 8.95. The summed E-state index contributed by atoms with van der Waals surface area (Å²) >= 11 is 0. The van der Waals surface area contributed by atoms with Crippen molar-refractivity contribution in [2.75, 3.05) is 25.3 Å². The predicted octanol–water partition coefficient (Wildman–Crippen LogP) is 3.57. The number of carbonyl (C=O) groups excluding carboxylic acids is 4. The van der Waals surface area contributed by atoms with E-state index in [1.165, 1.54) is 14.2 Å². The minimum atomic E-state index is -1.04. The highest BCUT2D eigenvalue weighted by Crippen LogP contribution is 2.29. The fourth-order valence-electron chi connectivity index (χ4n) is 4.42. The van der Waals surface area contributed by atoms with Crippen molar-refractivity contribution in [2.24, 2.45) is 0 Å². The second kappa shape index (κ2) is 11.6. The summed E-state index contributed by atoms with van der Waals surface area (Å²) in [6.07, 6.45) is 1.23. The molecule has 0 spiro atoms. The van der Waals surface area contributed by atoms with Gasteiger partial charge in [0.25, 0.3) is 5.91 Å². The summed E-state index contributed by atoms with van der Waals surface area (Å²) in [6.45, 7) is 0. The van der Waals surface area contributed by atoms with E-state index in [1.54, 1.807) is 24.3 Å². The first-order valence-corrected chi connectivity index (χ1v) is 12.2. The zero-order chi connectivity index (χ0) is 27.2. The van der Waals surface area contributed by atoms with Crippen LogP contribution in [0.15, 0.2) is 60.7 Å². The minimum Gasteiger partial charge on any atom is -0.469 e. The van der Waals surface area contributed by atoms with Crippen LogP contribution in [0.5, 0.6) is 0 Å². The Kier molecular flexibility index (Phi) is 8.06. The number of ether oxygens (including phenoxy) is 2. The summed E-state index contributed by atoms with van der Waals surface area (Å²) < 4.78 is 9.37. The number of fused-ring (bicyclic) bond motifs is 2. The molecule has 196 valence electrons. The maximum Gasteiger partial charge on any atom is 0.328 e. The molecule has 0 radical (unpaired) electrons. The minimum absolute atomic E-state index is 0.0212. The third kappa shape index (κ3) is 5.83. The number of methoxy groups -OCH3 is 2. The van der Waals surface area contributed by atoms with Gasteiger partial charge in [0, 0.05) is 28.8 Å². The van der Waals surface area contributed by atoms with Crippen molar-refractivity contribution in [3.63, 3.8) is 0 Å². The number of amides is 1. The number of hydrogen-bond acceptors (Lipinski definition) is 8. The zero-order valence-electron chi connectivity index (χ0n) is 21.2. The first kappa shape index (κ1) is 26.4. The number of aryl methyl sites for hydroxylation is 2. The van der Waals surface area contributed by atoms with Crippen LogP contribution in [-0.2, 0) is 31.9 Å². The molecule has 0 saturated carbocycles. The molecule has 9 heteroatoms. The number of benzene rings is 3. The first-order valence-electron chi connectivity index (χ1n) is 12.2. The monoisotopic (exact) mass is 515 g/mol. The number of anilines is 3. The Labute approximate surface area is 220 Å². The van der Waals surface area contributed by atoms with E-state index in [2.05, 4.69) is 15.4 Å². The Morgan fingerprint density at radius 1 is 0.921 bits per heavy atom. The van der Waals surface area contributed by atoms with Crippen molar-refractivity contribution in [3.05, 3.63) is 88.5 Å². The van der Waals surface area contributed by atoms with Gasteiger partial charge >= 0.3 is 11.9 Å². The van der Waals surface area contributed by atoms with Crippen molar-refractivity contribution >= 4 is 40.7 Å². The van der Waals surface area contributed by atoms with Gasteiger partial charge < -0.3 is 25.8 Å². The summed E-state index contributed by atoms with van der Waals surface area (Å²) in [6, 6.07) is 16.9. The molecule has 0 bridgehead atoms. The third-order valence-electron chi connectivity index (χ3n) is 6.53. The van der Waals surface area contributed by atoms with Crippen molar-refractivity contribution in [1.82, 2.24) is 5.32 Å². The van der Waals surface area contributed by atoms with Gasteiger partial charge in [-0.05, 0) is 72.9 Å². The molecule has 0 unspecified atom stereocenters. The molecule has 1 aliphatic carbocycles. The van der Waals surface area contributed by atoms with Crippen LogP contribution < -0.4 is 16.4 Å². The smallest absolute Gasteiger partial charge is 0.328 e. The van der Waals surface area contributed by atoms with Crippen LogP contribution in [0.3, 0.4) is 0 Å². The quantitative estimate of drug-likeness (QED) is 0.306. The van der Waals surface area contributed by atoms with E-state index in [9.17, 15) is 19.2 Å². The van der Waals surface area contributed by atoms with Crippen molar-refractivity contribution in [2.45, 2.75) is 31.7 Å². The lowest BCUT2D eigenvalue weighted by Gasteiger charge is -2.16. The maximum atomic E-state index is 13.5. The number of hydrogen-bond donors (Lipinski definition) is 3. The lowest BCUT2D eigenvalue weighted by atomic mass is 9.96. The number of rotatable bonds is 8. The fourth-order valence-corrected chi connectivity index (χ4v) is 4.42. The Balaban J connectivity index is 1.55.